The SMILES string of the molecule is O=CC1CCCC12CC1CCC3=C4C=C(NCSSC(CCC5(O)CCCCC5)C56C(=O)c7c(cccc7C(=O)C5C=C(Cc5cccc(CO)c5)C=C6O)OC5OC(CO)C(O)C(O)(CC41C2)C5O)NC3. The van der Waals surface area contributed by atoms with Crippen LogP contribution in [0.3, 0.4) is 0 Å². The van der Waals surface area contributed by atoms with Crippen LogP contribution in [0, 0.1) is 34.0 Å². The predicted octanol–water partition coefficient (Wildman–Crippen LogP) is 6.43. The van der Waals surface area contributed by atoms with Gasteiger partial charge in [0.2, 0.25) is 6.29 Å². The smallest absolute Gasteiger partial charge is 0.229 e. The Morgan fingerprint density at radius 1 is 0.903 bits per heavy atom. The molecule has 6 aliphatic carbocycles. The summed E-state index contributed by atoms with van der Waals surface area (Å²) in [6, 6.07) is 12.0. The van der Waals surface area contributed by atoms with E-state index in [1.54, 1.807) is 24.3 Å². The Labute approximate surface area is 428 Å². The Morgan fingerprint density at radius 2 is 1.71 bits per heavy atom. The number of carbonyl (C=O) groups excluding carboxylic acids is 3. The molecule has 12 atom stereocenters. The summed E-state index contributed by atoms with van der Waals surface area (Å²) in [4.78, 5) is 44.5. The molecule has 3 heterocycles. The molecular formula is C56H68N2O12S2. The first kappa shape index (κ1) is 50.2. The normalized spacial score (nSPS) is 38.2. The highest BCUT2D eigenvalue weighted by Crippen LogP contribution is 2.70. The number of fused-ring (bicyclic) bond motifs is 2. The number of aliphatic hydroxyl groups is 7. The minimum Gasteiger partial charge on any atom is -0.511 e. The van der Waals surface area contributed by atoms with Crippen molar-refractivity contribution in [2.75, 3.05) is 19.0 Å². The Bertz CT molecular complexity index is 2630. The van der Waals surface area contributed by atoms with E-state index in [2.05, 4.69) is 16.7 Å². The number of carbonyl (C=O) groups is 3. The lowest BCUT2D eigenvalue weighted by molar-refractivity contribution is -0.320. The van der Waals surface area contributed by atoms with E-state index in [1.165, 1.54) is 27.7 Å². The van der Waals surface area contributed by atoms with Crippen LogP contribution in [0.5, 0.6) is 5.75 Å². The van der Waals surface area contributed by atoms with E-state index in [4.69, 9.17) is 9.47 Å². The summed E-state index contributed by atoms with van der Waals surface area (Å²) < 4.78 is 12.8. The van der Waals surface area contributed by atoms with Gasteiger partial charge in [-0.2, -0.15) is 0 Å². The van der Waals surface area contributed by atoms with Gasteiger partial charge in [-0.25, -0.2) is 0 Å². The molecule has 14 nitrogen and oxygen atoms in total. The molecule has 0 amide bonds. The second-order valence-corrected chi connectivity index (χ2v) is 25.2. The summed E-state index contributed by atoms with van der Waals surface area (Å²) in [6.45, 7) is -0.390. The molecule has 1 saturated heterocycles. The molecule has 12 unspecified atom stereocenters. The topological polar surface area (TPSA) is 235 Å². The highest BCUT2D eigenvalue weighted by atomic mass is 33.1. The molecule has 9 aliphatic rings. The van der Waals surface area contributed by atoms with Gasteiger partial charge in [-0.05, 0) is 134 Å². The summed E-state index contributed by atoms with van der Waals surface area (Å²) in [5.41, 5.74) is -2.15. The Kier molecular flexibility index (Phi) is 13.5. The third-order valence-corrected chi connectivity index (χ3v) is 21.4. The van der Waals surface area contributed by atoms with Crippen molar-refractivity contribution in [3.63, 3.8) is 0 Å². The number of hydrogen-bond donors (Lipinski definition) is 9. The molecule has 3 aliphatic heterocycles. The molecule has 0 radical (unpaired) electrons. The van der Waals surface area contributed by atoms with Gasteiger partial charge in [0.1, 0.15) is 47.1 Å². The lowest BCUT2D eigenvalue weighted by atomic mass is 9.56. The van der Waals surface area contributed by atoms with Crippen LogP contribution in [0.15, 0.2) is 89.0 Å². The van der Waals surface area contributed by atoms with E-state index in [0.717, 1.165) is 86.6 Å². The first-order valence-electron chi connectivity index (χ1n) is 26.1. The average Bonchev–Trinajstić information content (AvgIpc) is 3.94. The number of Topliss-reactive ketones (excluding diaryl/α,β-unsaturated/α-hetero) is 2. The van der Waals surface area contributed by atoms with Crippen molar-refractivity contribution >= 4 is 39.4 Å². The van der Waals surface area contributed by atoms with Crippen LogP contribution >= 0.6 is 21.6 Å². The molecule has 16 heteroatoms. The van der Waals surface area contributed by atoms with Crippen LogP contribution in [-0.2, 0) is 22.6 Å². The summed E-state index contributed by atoms with van der Waals surface area (Å²) in [5, 5.41) is 90.0. The largest absolute Gasteiger partial charge is 0.511 e. The van der Waals surface area contributed by atoms with E-state index in [-0.39, 0.29) is 59.3 Å². The lowest BCUT2D eigenvalue weighted by Gasteiger charge is -2.54. The van der Waals surface area contributed by atoms with Crippen molar-refractivity contribution in [2.45, 2.75) is 150 Å². The first-order valence-corrected chi connectivity index (χ1v) is 28.5. The van der Waals surface area contributed by atoms with Crippen molar-refractivity contribution in [1.29, 1.82) is 0 Å². The zero-order valence-electron chi connectivity index (χ0n) is 40.6. The quantitative estimate of drug-likeness (QED) is 0.102. The van der Waals surface area contributed by atoms with Crippen molar-refractivity contribution in [3.8, 4) is 5.75 Å². The van der Waals surface area contributed by atoms with Gasteiger partial charge in [0.05, 0.1) is 42.0 Å². The van der Waals surface area contributed by atoms with Gasteiger partial charge in [0.25, 0.3) is 0 Å². The molecule has 3 saturated carbocycles. The number of aldehydes is 1. The molecule has 9 N–H and O–H groups in total. The van der Waals surface area contributed by atoms with E-state index < -0.39 is 76.0 Å². The van der Waals surface area contributed by atoms with Crippen LogP contribution in [0.4, 0.5) is 0 Å². The number of ether oxygens (including phenoxy) is 2. The highest BCUT2D eigenvalue weighted by Gasteiger charge is 2.67. The predicted molar refractivity (Wildman–Crippen MR) is 271 cm³/mol. The molecular weight excluding hydrogens is 957 g/mol. The summed E-state index contributed by atoms with van der Waals surface area (Å²) in [6.07, 6.45) is 9.74. The van der Waals surface area contributed by atoms with Gasteiger partial charge >= 0.3 is 0 Å². The van der Waals surface area contributed by atoms with E-state index >= 15 is 9.59 Å². The first-order chi connectivity index (χ1) is 34.7. The van der Waals surface area contributed by atoms with Crippen LogP contribution in [0.25, 0.3) is 0 Å². The van der Waals surface area contributed by atoms with Gasteiger partial charge in [-0.1, -0.05) is 89.7 Å². The van der Waals surface area contributed by atoms with E-state index in [9.17, 15) is 40.5 Å². The second-order valence-electron chi connectivity index (χ2n) is 22.6. The fourth-order valence-electron chi connectivity index (χ4n) is 15.2. The van der Waals surface area contributed by atoms with Crippen LogP contribution in [0.1, 0.15) is 128 Å². The average molecular weight is 1030 g/mol. The number of rotatable bonds is 8. The third-order valence-electron chi connectivity index (χ3n) is 18.7. The molecule has 72 heavy (non-hydrogen) atoms. The lowest BCUT2D eigenvalue weighted by Crippen LogP contribution is -2.69. The van der Waals surface area contributed by atoms with Gasteiger partial charge in [-0.3, -0.25) is 9.59 Å². The minimum atomic E-state index is -2.34. The number of ketones is 2. The summed E-state index contributed by atoms with van der Waals surface area (Å²) in [5.74, 6) is -1.77. The summed E-state index contributed by atoms with van der Waals surface area (Å²) >= 11 is 0. The van der Waals surface area contributed by atoms with Gasteiger partial charge in [-0.15, -0.1) is 0 Å². The van der Waals surface area contributed by atoms with Gasteiger partial charge < -0.3 is 60.6 Å². The molecule has 386 valence electrons. The monoisotopic (exact) mass is 1020 g/mol. The number of aliphatic hydroxyl groups excluding tert-OH is 5. The number of allylic oxidation sites excluding steroid dienone is 6. The van der Waals surface area contributed by atoms with Gasteiger partial charge in [0, 0.05) is 28.7 Å². The Balaban J connectivity index is 1.06. The van der Waals surface area contributed by atoms with Crippen molar-refractivity contribution in [3.05, 3.63) is 111 Å². The van der Waals surface area contributed by atoms with Crippen LogP contribution < -0.4 is 15.4 Å². The molecule has 0 aromatic heterocycles. The molecule has 11 rings (SSSR count). The van der Waals surface area contributed by atoms with Crippen LogP contribution in [-0.4, -0.2) is 114 Å². The number of nitrogens with one attached hydrogen (secondary N) is 2. The van der Waals surface area contributed by atoms with Crippen LogP contribution in [0.2, 0.25) is 0 Å². The maximum absolute atomic E-state index is 16.2. The molecule has 4 fully saturated rings. The highest BCUT2D eigenvalue weighted by molar-refractivity contribution is 8.76. The van der Waals surface area contributed by atoms with E-state index in [0.29, 0.717) is 55.7 Å². The number of hydrogen-bond acceptors (Lipinski definition) is 16. The molecule has 2 aromatic rings. The molecule has 6 bridgehead atoms. The number of dihydropyridines is 1. The minimum absolute atomic E-state index is 0.00806. The van der Waals surface area contributed by atoms with Crippen molar-refractivity contribution in [1.82, 2.24) is 10.6 Å². The Morgan fingerprint density at radius 3 is 2.50 bits per heavy atom. The fraction of sp³-hybridized carbons (Fsp3) is 0.589. The number of benzene rings is 2. The third kappa shape index (κ3) is 8.16. The maximum Gasteiger partial charge on any atom is 0.229 e. The molecule has 3 spiro atoms. The zero-order valence-corrected chi connectivity index (χ0v) is 42.2. The Hall–Kier alpha value is -3.97. The fourth-order valence-corrected chi connectivity index (χ4v) is 18.0. The van der Waals surface area contributed by atoms with E-state index in [1.807, 2.05) is 24.3 Å². The van der Waals surface area contributed by atoms with Gasteiger partial charge in [0.15, 0.2) is 11.6 Å². The van der Waals surface area contributed by atoms with Crippen molar-refractivity contribution in [2.24, 2.45) is 34.0 Å². The standard InChI is InChI=1S/C56H68N2O12S2/c59-26-33-8-4-7-32(19-33)20-34-21-40-47(63)38-10-5-11-41-46(38)49(65)56(40,43(62)22-34)44(14-18-53(67)16-2-1-3-17-53)72-71-31-58-45-23-39-35(25-57-45)12-13-36-24-52(15-6-9-37(52)27-60)29-54(36,39)30-55(68)48(64)42(28-61)70-51(69-41)50(55)66/h4-5,7-8,10-11,19,21-23,27,36-37,40,42,44,48,50-51,57-59,61-62,64,66-68H,1-3,6,9,12-18,20,24-26,28-31H2. The molecule has 2 aromatic carbocycles. The second kappa shape index (κ2) is 19.3. The van der Waals surface area contributed by atoms with Crippen molar-refractivity contribution < 1.29 is 59.6 Å². The maximum atomic E-state index is 16.2. The summed E-state index contributed by atoms with van der Waals surface area (Å²) in [7, 11) is 2.85. The zero-order chi connectivity index (χ0) is 50.2.